The Balaban J connectivity index is 1.90. The summed E-state index contributed by atoms with van der Waals surface area (Å²) in [6.45, 7) is 0. The Morgan fingerprint density at radius 2 is 1.61 bits per heavy atom. The topological polar surface area (TPSA) is 131 Å². The lowest BCUT2D eigenvalue weighted by Gasteiger charge is -2.28. The van der Waals surface area contributed by atoms with Crippen molar-refractivity contribution in [3.8, 4) is 0 Å². The first-order valence-electron chi connectivity index (χ1n) is 6.50. The maximum Gasteiger partial charge on any atom is 0.270 e. The van der Waals surface area contributed by atoms with Crippen molar-refractivity contribution in [1.82, 2.24) is 0 Å². The van der Waals surface area contributed by atoms with E-state index in [9.17, 15) is 20.2 Å². The van der Waals surface area contributed by atoms with E-state index in [1.165, 1.54) is 42.5 Å². The van der Waals surface area contributed by atoms with E-state index in [-0.39, 0.29) is 22.8 Å². The monoisotopic (exact) mass is 314 g/mol. The molecule has 2 N–H and O–H groups in total. The number of non-ortho nitro benzene ring substituents is 2. The van der Waals surface area contributed by atoms with Gasteiger partial charge in [0.2, 0.25) is 5.90 Å². The molecule has 1 heterocycles. The predicted molar refractivity (Wildman–Crippen MR) is 80.5 cm³/mol. The fraction of sp³-hybridized carbons (Fsp3) is 0.0714. The maximum atomic E-state index is 10.8. The summed E-state index contributed by atoms with van der Waals surface area (Å²) in [7, 11) is 0. The first-order chi connectivity index (χ1) is 11.0. The molecule has 0 spiro atoms. The summed E-state index contributed by atoms with van der Waals surface area (Å²) in [5, 5.41) is 32.4. The lowest BCUT2D eigenvalue weighted by molar-refractivity contribution is -0.385. The number of benzene rings is 2. The lowest BCUT2D eigenvalue weighted by atomic mass is 10.1. The number of ether oxygens (including phenoxy) is 1. The van der Waals surface area contributed by atoms with E-state index in [0.717, 1.165) is 0 Å². The number of anilines is 1. The molecule has 1 aliphatic rings. The molecule has 2 aromatic carbocycles. The minimum absolute atomic E-state index is 0.0457. The summed E-state index contributed by atoms with van der Waals surface area (Å²) in [4.78, 5) is 20.4. The Bertz CT molecular complexity index is 818. The van der Waals surface area contributed by atoms with Gasteiger partial charge in [-0.05, 0) is 18.2 Å². The van der Waals surface area contributed by atoms with Gasteiger partial charge in [0.15, 0.2) is 6.23 Å². The largest absolute Gasteiger partial charge is 0.449 e. The molecule has 3 rings (SSSR count). The highest BCUT2D eigenvalue weighted by atomic mass is 16.6. The van der Waals surface area contributed by atoms with E-state index in [2.05, 4.69) is 5.32 Å². The highest BCUT2D eigenvalue weighted by Gasteiger charge is 2.26. The van der Waals surface area contributed by atoms with Gasteiger partial charge in [-0.1, -0.05) is 0 Å². The van der Waals surface area contributed by atoms with Crippen molar-refractivity contribution in [2.75, 3.05) is 5.32 Å². The first kappa shape index (κ1) is 14.4. The molecule has 1 unspecified atom stereocenters. The fourth-order valence-electron chi connectivity index (χ4n) is 2.23. The Labute approximate surface area is 129 Å². The van der Waals surface area contributed by atoms with Gasteiger partial charge in [0.05, 0.1) is 21.1 Å². The second-order valence-corrected chi connectivity index (χ2v) is 4.81. The number of fused-ring (bicyclic) bond motifs is 1. The van der Waals surface area contributed by atoms with Gasteiger partial charge in [-0.15, -0.1) is 0 Å². The number of rotatable bonds is 3. The average molecular weight is 314 g/mol. The molecule has 1 aliphatic heterocycles. The van der Waals surface area contributed by atoms with Crippen LogP contribution in [0.3, 0.4) is 0 Å². The average Bonchev–Trinajstić information content (AvgIpc) is 2.54. The summed E-state index contributed by atoms with van der Waals surface area (Å²) in [6.07, 6.45) is -0.697. The standard InChI is InChI=1S/C14H10N4O5/c15-13-11-7-10(18(21)22)5-6-12(11)16-14(23-13)8-1-3-9(4-2-8)17(19)20/h1-7,14-16H. The third kappa shape index (κ3) is 2.67. The van der Waals surface area contributed by atoms with Crippen LogP contribution in [0.2, 0.25) is 0 Å². The molecule has 2 aromatic rings. The van der Waals surface area contributed by atoms with Crippen LogP contribution in [0.5, 0.6) is 0 Å². The second kappa shape index (κ2) is 5.37. The van der Waals surface area contributed by atoms with Gasteiger partial charge < -0.3 is 10.1 Å². The van der Waals surface area contributed by atoms with Gasteiger partial charge in [-0.2, -0.15) is 0 Å². The van der Waals surface area contributed by atoms with Crippen molar-refractivity contribution in [2.45, 2.75) is 6.23 Å². The molecule has 0 fully saturated rings. The minimum Gasteiger partial charge on any atom is -0.449 e. The van der Waals surface area contributed by atoms with Crippen LogP contribution < -0.4 is 5.32 Å². The zero-order valence-corrected chi connectivity index (χ0v) is 11.6. The summed E-state index contributed by atoms with van der Waals surface area (Å²) < 4.78 is 5.41. The Hall–Kier alpha value is -3.49. The molecule has 0 amide bonds. The number of hydrogen-bond donors (Lipinski definition) is 2. The van der Waals surface area contributed by atoms with E-state index in [0.29, 0.717) is 11.3 Å². The second-order valence-electron chi connectivity index (χ2n) is 4.81. The zero-order valence-electron chi connectivity index (χ0n) is 11.6. The van der Waals surface area contributed by atoms with Crippen LogP contribution in [0.25, 0.3) is 0 Å². The van der Waals surface area contributed by atoms with Gasteiger partial charge in [0, 0.05) is 29.8 Å². The van der Waals surface area contributed by atoms with Crippen LogP contribution in [0.1, 0.15) is 17.4 Å². The van der Waals surface area contributed by atoms with Gasteiger partial charge in [-0.3, -0.25) is 25.6 Å². The molecule has 23 heavy (non-hydrogen) atoms. The third-order valence-electron chi connectivity index (χ3n) is 3.39. The van der Waals surface area contributed by atoms with Gasteiger partial charge in [0.25, 0.3) is 11.4 Å². The number of nitro groups is 2. The first-order valence-corrected chi connectivity index (χ1v) is 6.50. The Kier molecular flexibility index (Phi) is 3.37. The summed E-state index contributed by atoms with van der Waals surface area (Å²) in [5.41, 5.74) is 1.24. The molecule has 0 bridgehead atoms. The van der Waals surface area contributed by atoms with Crippen LogP contribution in [-0.2, 0) is 4.74 Å². The Morgan fingerprint density at radius 1 is 1.00 bits per heavy atom. The van der Waals surface area contributed by atoms with Crippen LogP contribution in [0.4, 0.5) is 17.1 Å². The van der Waals surface area contributed by atoms with Crippen LogP contribution in [0, 0.1) is 25.6 Å². The minimum atomic E-state index is -0.697. The van der Waals surface area contributed by atoms with E-state index in [1.54, 1.807) is 0 Å². The number of nitrogens with one attached hydrogen (secondary N) is 2. The molecule has 1 atom stereocenters. The predicted octanol–water partition coefficient (Wildman–Crippen LogP) is 2.97. The van der Waals surface area contributed by atoms with E-state index in [4.69, 9.17) is 10.1 Å². The Morgan fingerprint density at radius 3 is 2.22 bits per heavy atom. The zero-order chi connectivity index (χ0) is 16.6. The summed E-state index contributed by atoms with van der Waals surface area (Å²) >= 11 is 0. The van der Waals surface area contributed by atoms with E-state index < -0.39 is 16.1 Å². The SMILES string of the molecule is N=C1OC(c2ccc([N+](=O)[O-])cc2)Nc2ccc([N+](=O)[O-])cc21. The van der Waals surface area contributed by atoms with Crippen molar-refractivity contribution in [2.24, 2.45) is 0 Å². The van der Waals surface area contributed by atoms with E-state index in [1.807, 2.05) is 0 Å². The number of nitrogens with zero attached hydrogens (tertiary/aromatic N) is 2. The third-order valence-corrected chi connectivity index (χ3v) is 3.39. The molecule has 9 nitrogen and oxygen atoms in total. The highest BCUT2D eigenvalue weighted by molar-refractivity contribution is 5.99. The highest BCUT2D eigenvalue weighted by Crippen LogP contribution is 2.33. The smallest absolute Gasteiger partial charge is 0.270 e. The quantitative estimate of drug-likeness (QED) is 0.661. The molecule has 9 heteroatoms. The van der Waals surface area contributed by atoms with Crippen LogP contribution in [-0.4, -0.2) is 15.7 Å². The number of nitro benzene ring substituents is 2. The van der Waals surface area contributed by atoms with E-state index >= 15 is 0 Å². The molecule has 0 saturated carbocycles. The summed E-state index contributed by atoms with van der Waals surface area (Å²) in [5.74, 6) is -0.203. The molecular weight excluding hydrogens is 304 g/mol. The molecule has 0 saturated heterocycles. The van der Waals surface area contributed by atoms with Crippen LogP contribution in [0.15, 0.2) is 42.5 Å². The normalized spacial score (nSPS) is 16.0. The maximum absolute atomic E-state index is 10.8. The fourth-order valence-corrected chi connectivity index (χ4v) is 2.23. The molecule has 0 aromatic heterocycles. The summed E-state index contributed by atoms with van der Waals surface area (Å²) in [6, 6.07) is 9.83. The van der Waals surface area contributed by atoms with Crippen molar-refractivity contribution in [3.05, 3.63) is 73.8 Å². The van der Waals surface area contributed by atoms with Crippen molar-refractivity contribution < 1.29 is 14.6 Å². The lowest BCUT2D eigenvalue weighted by Crippen LogP contribution is -2.25. The number of hydrogen-bond acceptors (Lipinski definition) is 7. The van der Waals surface area contributed by atoms with Gasteiger partial charge in [0.1, 0.15) is 0 Å². The molecule has 0 radical (unpaired) electrons. The van der Waals surface area contributed by atoms with Crippen molar-refractivity contribution in [1.29, 1.82) is 5.41 Å². The van der Waals surface area contributed by atoms with Crippen LogP contribution >= 0.6 is 0 Å². The molecule has 0 aliphatic carbocycles. The molecule has 116 valence electrons. The van der Waals surface area contributed by atoms with Crippen molar-refractivity contribution in [3.63, 3.8) is 0 Å². The molecular formula is C14H10N4O5. The van der Waals surface area contributed by atoms with Gasteiger partial charge >= 0.3 is 0 Å². The van der Waals surface area contributed by atoms with Crippen molar-refractivity contribution >= 4 is 23.0 Å². The van der Waals surface area contributed by atoms with Gasteiger partial charge in [-0.25, -0.2) is 0 Å².